The fourth-order valence-corrected chi connectivity index (χ4v) is 11.5. The topological polar surface area (TPSA) is 248 Å². The molecule has 0 saturated carbocycles. The summed E-state index contributed by atoms with van der Waals surface area (Å²) in [4.78, 5) is 87.4. The van der Waals surface area contributed by atoms with Gasteiger partial charge in [0.2, 0.25) is 11.8 Å². The number of aromatic nitrogens is 13. The Bertz CT molecular complexity index is 4280. The molecule has 3 aliphatic rings. The average molecular weight is 1400 g/mol. The van der Waals surface area contributed by atoms with Crippen LogP contribution in [0.1, 0.15) is 119 Å². The maximum absolute atomic E-state index is 14.2. The van der Waals surface area contributed by atoms with E-state index < -0.39 is 77.3 Å². The molecule has 0 unspecified atom stereocenters. The lowest BCUT2D eigenvalue weighted by Crippen LogP contribution is -2.51. The van der Waals surface area contributed by atoms with Gasteiger partial charge in [-0.2, -0.15) is 49.7 Å². The third kappa shape index (κ3) is 16.9. The molecule has 12 rings (SSSR count). The normalized spacial score (nSPS) is 18.8. The Morgan fingerprint density at radius 1 is 0.505 bits per heavy atom. The molecule has 9 aromatic heterocycles. The highest BCUT2D eigenvalue weighted by molar-refractivity contribution is 6.31. The summed E-state index contributed by atoms with van der Waals surface area (Å²) in [5, 5.41) is 7.93. The van der Waals surface area contributed by atoms with E-state index in [4.69, 9.17) is 25.8 Å². The van der Waals surface area contributed by atoms with Crippen molar-refractivity contribution in [2.75, 3.05) is 19.6 Å². The third-order valence-electron chi connectivity index (χ3n) is 16.5. The minimum Gasteiger partial charge on any atom is -0.472 e. The van der Waals surface area contributed by atoms with Gasteiger partial charge in [0, 0.05) is 87.2 Å². The van der Waals surface area contributed by atoms with Gasteiger partial charge in [-0.1, -0.05) is 11.6 Å². The molecule has 6 atom stereocenters. The fourth-order valence-electron chi connectivity index (χ4n) is 11.3. The van der Waals surface area contributed by atoms with E-state index in [1.807, 2.05) is 20.8 Å². The number of halogens is 11. The van der Waals surface area contributed by atoms with Crippen LogP contribution in [-0.4, -0.2) is 153 Å². The van der Waals surface area contributed by atoms with E-state index in [2.05, 4.69) is 60.0 Å². The van der Waals surface area contributed by atoms with Crippen LogP contribution in [0.2, 0.25) is 5.02 Å². The van der Waals surface area contributed by atoms with Crippen molar-refractivity contribution >= 4 is 29.3 Å². The number of ether oxygens (including phenoxy) is 3. The number of hydrogen-bond acceptors (Lipinski definition) is 18. The zero-order valence-corrected chi connectivity index (χ0v) is 54.0. The molecule has 3 fully saturated rings. The molecular formula is C66H61ClF10N16O6. The molecule has 3 amide bonds. The highest BCUT2D eigenvalue weighted by atomic mass is 35.5. The number of nitrogens with zero attached hydrogens (tertiary/aromatic N) is 16. The number of alkyl halides is 9. The minimum absolute atomic E-state index is 0.0844. The van der Waals surface area contributed by atoms with Gasteiger partial charge in [0.15, 0.2) is 23.3 Å². The Balaban J connectivity index is 0.000000161. The number of amides is 3. The minimum atomic E-state index is -4.71. The second-order valence-electron chi connectivity index (χ2n) is 23.1. The monoisotopic (exact) mass is 1400 g/mol. The van der Waals surface area contributed by atoms with E-state index in [9.17, 15) is 58.3 Å². The molecule has 12 heterocycles. The van der Waals surface area contributed by atoms with Crippen molar-refractivity contribution in [1.29, 1.82) is 0 Å². The van der Waals surface area contributed by atoms with E-state index in [1.54, 1.807) is 102 Å². The third-order valence-corrected chi connectivity index (χ3v) is 16.8. The zero-order valence-electron chi connectivity index (χ0n) is 53.3. The second kappa shape index (κ2) is 30.6. The number of piperidine rings is 3. The van der Waals surface area contributed by atoms with Crippen LogP contribution >= 0.6 is 11.6 Å². The van der Waals surface area contributed by atoms with Crippen molar-refractivity contribution in [3.63, 3.8) is 0 Å². The highest BCUT2D eigenvalue weighted by Crippen LogP contribution is 2.37. The number of rotatable bonds is 12. The molecule has 0 aromatic carbocycles. The van der Waals surface area contributed by atoms with Gasteiger partial charge in [0.05, 0.1) is 63.9 Å². The lowest BCUT2D eigenvalue weighted by molar-refractivity contribution is -0.138. The Labute approximate surface area is 563 Å². The molecule has 33 heteroatoms. The second-order valence-corrected chi connectivity index (χ2v) is 23.5. The van der Waals surface area contributed by atoms with Gasteiger partial charge >= 0.3 is 18.5 Å². The van der Waals surface area contributed by atoms with Gasteiger partial charge in [0.1, 0.15) is 34.7 Å². The first-order valence-corrected chi connectivity index (χ1v) is 31.2. The van der Waals surface area contributed by atoms with Crippen LogP contribution in [0.15, 0.2) is 135 Å². The highest BCUT2D eigenvalue weighted by Gasteiger charge is 2.41. The summed E-state index contributed by atoms with van der Waals surface area (Å²) in [5.41, 5.74) is 0.305. The van der Waals surface area contributed by atoms with Crippen LogP contribution in [0, 0.1) is 19.7 Å². The summed E-state index contributed by atoms with van der Waals surface area (Å²) < 4.78 is 147. The Morgan fingerprint density at radius 2 is 1.00 bits per heavy atom. The number of pyridine rings is 6. The number of aryl methyl sites for hydroxylation is 2. The molecule has 99 heavy (non-hydrogen) atoms. The molecule has 9 aromatic rings. The van der Waals surface area contributed by atoms with E-state index in [-0.39, 0.29) is 51.9 Å². The Hall–Kier alpha value is -10.4. The quantitative estimate of drug-likeness (QED) is 0.103. The molecule has 0 aliphatic carbocycles. The zero-order chi connectivity index (χ0) is 70.9. The molecule has 518 valence electrons. The fraction of sp³-hybridized carbons (Fsp3) is 0.348. The lowest BCUT2D eigenvalue weighted by atomic mass is 9.98. The van der Waals surface area contributed by atoms with Crippen LogP contribution in [0.4, 0.5) is 43.9 Å². The number of carbonyl (C=O) groups excluding carboxylic acids is 3. The molecule has 0 N–H and O–H groups in total. The first-order chi connectivity index (χ1) is 47.2. The van der Waals surface area contributed by atoms with Crippen molar-refractivity contribution in [3.05, 3.63) is 191 Å². The molecule has 0 spiro atoms. The van der Waals surface area contributed by atoms with Crippen molar-refractivity contribution in [2.45, 2.75) is 128 Å². The van der Waals surface area contributed by atoms with Crippen LogP contribution in [-0.2, 0) is 18.5 Å². The van der Waals surface area contributed by atoms with Gasteiger partial charge in [-0.05, 0) is 139 Å². The summed E-state index contributed by atoms with van der Waals surface area (Å²) >= 11 is 6.00. The summed E-state index contributed by atoms with van der Waals surface area (Å²) in [6, 6.07) is 13.9. The maximum atomic E-state index is 14.2. The van der Waals surface area contributed by atoms with Gasteiger partial charge in [-0.15, -0.1) is 4.80 Å². The maximum Gasteiger partial charge on any atom is 0.417 e. The largest absolute Gasteiger partial charge is 0.472 e. The molecule has 3 saturated heterocycles. The van der Waals surface area contributed by atoms with E-state index in [1.165, 1.54) is 29.5 Å². The van der Waals surface area contributed by atoms with Gasteiger partial charge in [-0.3, -0.25) is 24.4 Å². The van der Waals surface area contributed by atoms with Gasteiger partial charge < -0.3 is 28.9 Å². The van der Waals surface area contributed by atoms with E-state index in [0.29, 0.717) is 116 Å². The van der Waals surface area contributed by atoms with Crippen molar-refractivity contribution in [3.8, 4) is 46.2 Å². The molecule has 3 aliphatic heterocycles. The molecule has 0 bridgehead atoms. The standard InChI is InChI=1S/C23H22F3N5O2.C22H19F4N5O2.C21H20ClF3N6O2/c1-14-8-11-27-20(19(14)21-28-9-4-10-29-21)22(32)31-12-3-5-17(15(31)2)33-18-7-6-16(13-30-18)23(24,25)26;1-13-17(33-20-16(23)11-14(12-30-20)22(24,25)26)6-3-10-31(13)21(32)18-15(5-2-7-27-18)19-28-8-4-9-29-19;1-12-5-6-15(18(29-12)31-27-7-8-28-31)20(32)30-9-3-4-17(13(30)2)33-19-16(22)10-14(11-26-19)21(23,24)25/h4,6-11,13,15,17H,3,5,12H2,1-2H3;2,4-5,7-9,11-13,17H,3,6,10H2,1H3;5-8,10-11,13,17H,3-4,9H2,1-2H3/t15-,17+;2*13-,17+/m000/s1. The average Bonchev–Trinajstić information content (AvgIpc) is 1.62. The predicted molar refractivity (Wildman–Crippen MR) is 334 cm³/mol. The summed E-state index contributed by atoms with van der Waals surface area (Å²) in [6.07, 6.45) is 2.55. The van der Waals surface area contributed by atoms with E-state index in [0.717, 1.165) is 23.9 Å². The van der Waals surface area contributed by atoms with Crippen LogP contribution in [0.25, 0.3) is 28.6 Å². The first-order valence-electron chi connectivity index (χ1n) is 30.9. The molecule has 0 radical (unpaired) electrons. The van der Waals surface area contributed by atoms with Crippen molar-refractivity contribution in [1.82, 2.24) is 79.5 Å². The Morgan fingerprint density at radius 3 is 1.55 bits per heavy atom. The van der Waals surface area contributed by atoms with Crippen molar-refractivity contribution in [2.24, 2.45) is 0 Å². The summed E-state index contributed by atoms with van der Waals surface area (Å²) in [5.74, 6) is -1.62. The summed E-state index contributed by atoms with van der Waals surface area (Å²) in [6.45, 7) is 10.5. The number of likely N-dealkylation sites (tertiary alicyclic amines) is 3. The summed E-state index contributed by atoms with van der Waals surface area (Å²) in [7, 11) is 0. The SMILES string of the molecule is C[C@H]1[C@H](Oc2ncc(C(F)(F)F)cc2F)CCCN1C(=O)c1ncccc1-c1ncccn1.Cc1ccc(C(=O)N2CCC[C@@H](Oc3ncc(C(F)(F)F)cc3Cl)[C@@H]2C)c(-n2nccn2)n1.Cc1ccnc(C(=O)N2CCC[C@@H](Oc3ccc(C(F)(F)F)cn3)[C@@H]2C)c1-c1ncccn1. The first kappa shape index (κ1) is 71.4. The Kier molecular flexibility index (Phi) is 22.0. The van der Waals surface area contributed by atoms with Gasteiger partial charge in [0.25, 0.3) is 23.6 Å². The smallest absolute Gasteiger partial charge is 0.417 e. The van der Waals surface area contributed by atoms with Crippen molar-refractivity contribution < 1.29 is 72.5 Å². The number of carbonyl (C=O) groups is 3. The molecule has 22 nitrogen and oxygen atoms in total. The molecular weight excluding hydrogens is 1340 g/mol. The van der Waals surface area contributed by atoms with Crippen LogP contribution in [0.5, 0.6) is 17.6 Å². The van der Waals surface area contributed by atoms with E-state index >= 15 is 0 Å². The van der Waals surface area contributed by atoms with Crippen LogP contribution in [0.3, 0.4) is 0 Å². The lowest BCUT2D eigenvalue weighted by Gasteiger charge is -2.39. The number of hydrogen-bond donors (Lipinski definition) is 0. The predicted octanol–water partition coefficient (Wildman–Crippen LogP) is 12.6. The van der Waals surface area contributed by atoms with Gasteiger partial charge in [-0.25, -0.2) is 44.3 Å². The van der Waals surface area contributed by atoms with Crippen LogP contribution < -0.4 is 14.2 Å².